The Bertz CT molecular complexity index is 644. The summed E-state index contributed by atoms with van der Waals surface area (Å²) in [4.78, 5) is 15.4. The average Bonchev–Trinajstić information content (AvgIpc) is 2.76. The van der Waals surface area contributed by atoms with E-state index < -0.39 is 0 Å². The number of nitrogen functional groups attached to an aromatic ring is 1. The number of aromatic nitrogens is 3. The zero-order chi connectivity index (χ0) is 13.8. The molecule has 2 aromatic heterocycles. The molecule has 19 heavy (non-hydrogen) atoms. The second-order valence-electron chi connectivity index (χ2n) is 3.67. The van der Waals surface area contributed by atoms with Crippen molar-refractivity contribution in [3.63, 3.8) is 0 Å². The zero-order valence-electron chi connectivity index (χ0n) is 10.3. The minimum atomic E-state index is 0.294. The van der Waals surface area contributed by atoms with E-state index in [1.165, 1.54) is 6.20 Å². The van der Waals surface area contributed by atoms with E-state index in [1.54, 1.807) is 12.4 Å². The molecule has 0 aliphatic heterocycles. The molecular formula is C11H14ClN7. The van der Waals surface area contributed by atoms with Gasteiger partial charge in [0.1, 0.15) is 11.5 Å². The van der Waals surface area contributed by atoms with Crippen LogP contribution in [0.15, 0.2) is 23.1 Å². The van der Waals surface area contributed by atoms with Gasteiger partial charge in [-0.3, -0.25) is 4.99 Å². The molecule has 100 valence electrons. The predicted molar refractivity (Wildman–Crippen MR) is 78.2 cm³/mol. The number of fused-ring (bicyclic) bond motifs is 1. The second kappa shape index (κ2) is 5.57. The van der Waals surface area contributed by atoms with Crippen molar-refractivity contribution in [3.8, 4) is 0 Å². The highest BCUT2D eigenvalue weighted by molar-refractivity contribution is 6.36. The summed E-state index contributed by atoms with van der Waals surface area (Å²) in [5, 5.41) is 4.02. The summed E-state index contributed by atoms with van der Waals surface area (Å²) in [6.07, 6.45) is 4.59. The Labute approximate surface area is 114 Å². The normalized spacial score (nSPS) is 12.4. The first-order chi connectivity index (χ1) is 9.15. The van der Waals surface area contributed by atoms with Crippen molar-refractivity contribution < 1.29 is 0 Å². The molecule has 0 bridgehead atoms. The Morgan fingerprint density at radius 3 is 3.05 bits per heavy atom. The second-order valence-corrected chi connectivity index (χ2v) is 4.07. The number of aromatic amines is 1. The third-order valence-corrected chi connectivity index (χ3v) is 2.66. The molecule has 8 heteroatoms. The third-order valence-electron chi connectivity index (χ3n) is 2.36. The fourth-order valence-electron chi connectivity index (χ4n) is 1.51. The van der Waals surface area contributed by atoms with Gasteiger partial charge >= 0.3 is 0 Å². The molecule has 7 nitrogen and oxygen atoms in total. The molecular weight excluding hydrogens is 266 g/mol. The third kappa shape index (κ3) is 2.76. The van der Waals surface area contributed by atoms with E-state index in [0.717, 1.165) is 0 Å². The molecule has 2 heterocycles. The maximum absolute atomic E-state index is 5.97. The first-order valence-electron chi connectivity index (χ1n) is 5.64. The zero-order valence-corrected chi connectivity index (χ0v) is 11.1. The maximum Gasteiger partial charge on any atom is 0.231 e. The summed E-state index contributed by atoms with van der Waals surface area (Å²) < 4.78 is 0. The number of H-pyrrole nitrogens is 1. The molecule has 0 fully saturated rings. The Hall–Kier alpha value is -2.28. The molecule has 0 aliphatic carbocycles. The van der Waals surface area contributed by atoms with Crippen LogP contribution < -0.4 is 16.8 Å². The minimum absolute atomic E-state index is 0.294. The van der Waals surface area contributed by atoms with Crippen molar-refractivity contribution in [2.45, 2.75) is 6.92 Å². The van der Waals surface area contributed by atoms with Crippen LogP contribution >= 0.6 is 11.6 Å². The topological polar surface area (TPSA) is 118 Å². The first kappa shape index (κ1) is 13.2. The quantitative estimate of drug-likeness (QED) is 0.633. The molecule has 0 unspecified atom stereocenters. The molecule has 0 saturated heterocycles. The van der Waals surface area contributed by atoms with Crippen molar-refractivity contribution in [3.05, 3.63) is 23.1 Å². The van der Waals surface area contributed by atoms with Crippen molar-refractivity contribution in [2.75, 3.05) is 17.6 Å². The van der Waals surface area contributed by atoms with Gasteiger partial charge < -0.3 is 21.8 Å². The van der Waals surface area contributed by atoms with Crippen molar-refractivity contribution in [1.29, 1.82) is 0 Å². The van der Waals surface area contributed by atoms with Crippen LogP contribution in [0.3, 0.4) is 0 Å². The van der Waals surface area contributed by atoms with Crippen LogP contribution in [0.1, 0.15) is 6.92 Å². The van der Waals surface area contributed by atoms with Crippen LogP contribution in [0.5, 0.6) is 0 Å². The summed E-state index contributed by atoms with van der Waals surface area (Å²) in [5.41, 5.74) is 12.5. The van der Waals surface area contributed by atoms with Crippen LogP contribution in [-0.2, 0) is 0 Å². The minimum Gasteiger partial charge on any atom is -0.403 e. The number of aliphatic imine (C=N–C) groups is 1. The van der Waals surface area contributed by atoms with E-state index in [2.05, 4.69) is 25.3 Å². The number of halogens is 1. The summed E-state index contributed by atoms with van der Waals surface area (Å²) in [6, 6.07) is 0. The van der Waals surface area contributed by atoms with Crippen LogP contribution in [0.4, 0.5) is 11.8 Å². The molecule has 6 N–H and O–H groups in total. The summed E-state index contributed by atoms with van der Waals surface area (Å²) in [7, 11) is 0. The average molecular weight is 280 g/mol. The van der Waals surface area contributed by atoms with Gasteiger partial charge in [0, 0.05) is 25.2 Å². The van der Waals surface area contributed by atoms with Gasteiger partial charge in [-0.05, 0) is 6.92 Å². The fraction of sp³-hybridized carbons (Fsp3) is 0.182. The van der Waals surface area contributed by atoms with Crippen molar-refractivity contribution in [2.24, 2.45) is 10.7 Å². The number of allylic oxidation sites excluding steroid dienone is 1. The van der Waals surface area contributed by atoms with Gasteiger partial charge in [-0.2, -0.15) is 9.97 Å². The fourth-order valence-corrected chi connectivity index (χ4v) is 1.75. The van der Waals surface area contributed by atoms with Crippen molar-refractivity contribution >= 4 is 40.6 Å². The SMILES string of the molecule is CCN=CC(=CN)Nc1nc(N)c2c(Cl)c[nH]c2n1. The van der Waals surface area contributed by atoms with Gasteiger partial charge in [-0.25, -0.2) is 0 Å². The molecule has 2 rings (SSSR count). The van der Waals surface area contributed by atoms with Crippen LogP contribution in [0, 0.1) is 0 Å². The lowest BCUT2D eigenvalue weighted by molar-refractivity contribution is 1.13. The highest BCUT2D eigenvalue weighted by Gasteiger charge is 2.10. The van der Waals surface area contributed by atoms with Crippen LogP contribution in [-0.4, -0.2) is 27.7 Å². The van der Waals surface area contributed by atoms with E-state index in [4.69, 9.17) is 23.1 Å². The number of hydrogen-bond donors (Lipinski definition) is 4. The molecule has 2 aromatic rings. The number of nitrogens with two attached hydrogens (primary N) is 2. The number of rotatable bonds is 4. The highest BCUT2D eigenvalue weighted by Crippen LogP contribution is 2.26. The number of nitrogens with one attached hydrogen (secondary N) is 2. The van der Waals surface area contributed by atoms with Gasteiger partial charge in [-0.15, -0.1) is 0 Å². The van der Waals surface area contributed by atoms with Crippen molar-refractivity contribution in [1.82, 2.24) is 15.0 Å². The molecule has 0 saturated carbocycles. The number of anilines is 2. The van der Waals surface area contributed by atoms with Gasteiger partial charge in [0.2, 0.25) is 5.95 Å². The molecule has 0 aromatic carbocycles. The Morgan fingerprint density at radius 1 is 1.58 bits per heavy atom. The van der Waals surface area contributed by atoms with E-state index >= 15 is 0 Å². The van der Waals surface area contributed by atoms with E-state index in [0.29, 0.717) is 40.1 Å². The van der Waals surface area contributed by atoms with Gasteiger partial charge in [0.05, 0.1) is 16.1 Å². The molecule has 0 atom stereocenters. The monoisotopic (exact) mass is 279 g/mol. The number of hydrogen-bond acceptors (Lipinski definition) is 6. The van der Waals surface area contributed by atoms with Gasteiger partial charge in [0.25, 0.3) is 0 Å². The smallest absolute Gasteiger partial charge is 0.231 e. The predicted octanol–water partition coefficient (Wildman–Crippen LogP) is 1.50. The highest BCUT2D eigenvalue weighted by atomic mass is 35.5. The Kier molecular flexibility index (Phi) is 3.86. The lowest BCUT2D eigenvalue weighted by atomic mass is 10.4. The molecule has 0 spiro atoms. The standard InChI is InChI=1S/C11H14ClN7/c1-2-15-4-6(3-13)17-11-18-9(14)8-7(12)5-16-10(8)19-11/h3-5H,2,13H2,1H3,(H4,14,16,17,18,19). The molecule has 0 radical (unpaired) electrons. The van der Waals surface area contributed by atoms with E-state index in [-0.39, 0.29) is 0 Å². The summed E-state index contributed by atoms with van der Waals surface area (Å²) in [5.74, 6) is 0.616. The van der Waals surface area contributed by atoms with Crippen LogP contribution in [0.2, 0.25) is 5.02 Å². The van der Waals surface area contributed by atoms with E-state index in [1.807, 2.05) is 6.92 Å². The first-order valence-corrected chi connectivity index (χ1v) is 6.02. The van der Waals surface area contributed by atoms with Crippen LogP contribution in [0.25, 0.3) is 11.0 Å². The van der Waals surface area contributed by atoms with Gasteiger partial charge in [0.15, 0.2) is 0 Å². The summed E-state index contributed by atoms with van der Waals surface area (Å²) >= 11 is 5.97. The largest absolute Gasteiger partial charge is 0.403 e. The number of nitrogens with zero attached hydrogens (tertiary/aromatic N) is 3. The Balaban J connectivity index is 2.33. The lowest BCUT2D eigenvalue weighted by Crippen LogP contribution is -2.08. The van der Waals surface area contributed by atoms with Gasteiger partial charge in [-0.1, -0.05) is 11.6 Å². The lowest BCUT2D eigenvalue weighted by Gasteiger charge is -2.06. The maximum atomic E-state index is 5.97. The summed E-state index contributed by atoms with van der Waals surface area (Å²) in [6.45, 7) is 2.58. The van der Waals surface area contributed by atoms with E-state index in [9.17, 15) is 0 Å². The Morgan fingerprint density at radius 2 is 2.37 bits per heavy atom. The molecule has 0 amide bonds. The molecule has 0 aliphatic rings.